The van der Waals surface area contributed by atoms with Gasteiger partial charge < -0.3 is 10.2 Å². The highest BCUT2D eigenvalue weighted by Crippen LogP contribution is 2.27. The van der Waals surface area contributed by atoms with Gasteiger partial charge in [-0.1, -0.05) is 6.92 Å². The van der Waals surface area contributed by atoms with Crippen molar-refractivity contribution >= 4 is 16.2 Å². The number of aliphatic hydroxyl groups is 1. The molecule has 106 valence electrons. The van der Waals surface area contributed by atoms with Crippen molar-refractivity contribution in [3.05, 3.63) is 0 Å². The van der Waals surface area contributed by atoms with E-state index >= 15 is 0 Å². The number of hydrogen-bond donors (Lipinski definition) is 2. The summed E-state index contributed by atoms with van der Waals surface area (Å²) in [5.74, 6) is -0.928. The lowest BCUT2D eigenvalue weighted by atomic mass is 10.0. The van der Waals surface area contributed by atoms with Crippen LogP contribution < -0.4 is 0 Å². The molecule has 1 aliphatic rings. The first kappa shape index (κ1) is 15.4. The van der Waals surface area contributed by atoms with E-state index in [-0.39, 0.29) is 25.5 Å². The third-order valence-corrected chi connectivity index (χ3v) is 5.37. The van der Waals surface area contributed by atoms with E-state index in [1.165, 1.54) is 11.4 Å². The Morgan fingerprint density at radius 3 is 2.61 bits per heavy atom. The third kappa shape index (κ3) is 3.19. The van der Waals surface area contributed by atoms with Crippen LogP contribution in [0.5, 0.6) is 0 Å². The van der Waals surface area contributed by atoms with Crippen molar-refractivity contribution in [2.45, 2.75) is 25.8 Å². The van der Waals surface area contributed by atoms with Crippen molar-refractivity contribution in [2.24, 2.45) is 5.92 Å². The molecule has 0 aromatic heterocycles. The van der Waals surface area contributed by atoms with Gasteiger partial charge in [0.15, 0.2) is 0 Å². The summed E-state index contributed by atoms with van der Waals surface area (Å²) in [5, 5.41) is 17.8. The van der Waals surface area contributed by atoms with Gasteiger partial charge in [0.1, 0.15) is 0 Å². The summed E-state index contributed by atoms with van der Waals surface area (Å²) < 4.78 is 26.7. The molecule has 1 rings (SSSR count). The van der Waals surface area contributed by atoms with Crippen LogP contribution in [0.15, 0.2) is 0 Å². The average molecular weight is 280 g/mol. The van der Waals surface area contributed by atoms with Crippen LogP contribution in [0.4, 0.5) is 0 Å². The molecule has 18 heavy (non-hydrogen) atoms. The van der Waals surface area contributed by atoms with Gasteiger partial charge in [-0.3, -0.25) is 4.79 Å². The topological polar surface area (TPSA) is 98.2 Å². The molecule has 8 heteroatoms. The van der Waals surface area contributed by atoms with E-state index in [1.807, 2.05) is 6.92 Å². The second-order valence-corrected chi connectivity index (χ2v) is 6.59. The Morgan fingerprint density at radius 2 is 2.11 bits per heavy atom. The first-order valence-corrected chi connectivity index (χ1v) is 7.26. The molecule has 1 saturated heterocycles. The van der Waals surface area contributed by atoms with Crippen molar-refractivity contribution in [3.8, 4) is 0 Å². The maximum atomic E-state index is 12.2. The Labute approximate surface area is 107 Å². The molecule has 0 aliphatic carbocycles. The van der Waals surface area contributed by atoms with Crippen molar-refractivity contribution in [1.82, 2.24) is 8.61 Å². The van der Waals surface area contributed by atoms with E-state index in [4.69, 9.17) is 5.11 Å². The second kappa shape index (κ2) is 5.96. The molecule has 0 aromatic carbocycles. The van der Waals surface area contributed by atoms with Crippen LogP contribution in [0.2, 0.25) is 0 Å². The van der Waals surface area contributed by atoms with Crippen LogP contribution in [-0.4, -0.2) is 66.0 Å². The maximum absolute atomic E-state index is 12.2. The highest BCUT2D eigenvalue weighted by Gasteiger charge is 2.40. The molecule has 2 atom stereocenters. The molecule has 2 N–H and O–H groups in total. The Bertz CT molecular complexity index is 397. The lowest BCUT2D eigenvalue weighted by Gasteiger charge is -2.28. The molecule has 0 amide bonds. The Hall–Kier alpha value is -0.700. The Morgan fingerprint density at radius 1 is 1.50 bits per heavy atom. The zero-order valence-corrected chi connectivity index (χ0v) is 11.4. The van der Waals surface area contributed by atoms with Gasteiger partial charge in [0.25, 0.3) is 10.2 Å². The van der Waals surface area contributed by atoms with Crippen LogP contribution in [0.1, 0.15) is 19.8 Å². The van der Waals surface area contributed by atoms with E-state index in [2.05, 4.69) is 0 Å². The third-order valence-electron chi connectivity index (χ3n) is 3.35. The number of aliphatic hydroxyl groups excluding tert-OH is 1. The molecule has 1 fully saturated rings. The minimum Gasteiger partial charge on any atom is -0.481 e. The average Bonchev–Trinajstić information content (AvgIpc) is 2.67. The maximum Gasteiger partial charge on any atom is 0.304 e. The van der Waals surface area contributed by atoms with Gasteiger partial charge in [-0.15, -0.1) is 0 Å². The number of rotatable bonds is 6. The van der Waals surface area contributed by atoms with Crippen molar-refractivity contribution in [2.75, 3.05) is 26.7 Å². The molecule has 0 spiro atoms. The largest absolute Gasteiger partial charge is 0.481 e. The first-order valence-electron chi connectivity index (χ1n) is 5.86. The van der Waals surface area contributed by atoms with Crippen molar-refractivity contribution < 1.29 is 23.4 Å². The molecule has 7 nitrogen and oxygen atoms in total. The van der Waals surface area contributed by atoms with Gasteiger partial charge >= 0.3 is 5.97 Å². The zero-order valence-electron chi connectivity index (χ0n) is 10.6. The fourth-order valence-electron chi connectivity index (χ4n) is 2.08. The number of hydrogen-bond acceptors (Lipinski definition) is 4. The van der Waals surface area contributed by atoms with Gasteiger partial charge in [0.2, 0.25) is 0 Å². The minimum atomic E-state index is -3.69. The summed E-state index contributed by atoms with van der Waals surface area (Å²) >= 11 is 0. The van der Waals surface area contributed by atoms with Gasteiger partial charge in [-0.05, 0) is 12.3 Å². The Balaban J connectivity index is 2.76. The van der Waals surface area contributed by atoms with Crippen LogP contribution >= 0.6 is 0 Å². The molecule has 0 saturated carbocycles. The summed E-state index contributed by atoms with van der Waals surface area (Å²) in [5.41, 5.74) is 0. The number of carbonyl (C=O) groups is 1. The number of carboxylic acid groups (broad SMARTS) is 1. The van der Waals surface area contributed by atoms with Gasteiger partial charge in [0, 0.05) is 20.1 Å². The fraction of sp³-hybridized carbons (Fsp3) is 0.900. The van der Waals surface area contributed by atoms with Crippen LogP contribution in [0, 0.1) is 5.92 Å². The van der Waals surface area contributed by atoms with E-state index in [1.54, 1.807) is 0 Å². The summed E-state index contributed by atoms with van der Waals surface area (Å²) in [4.78, 5) is 10.4. The molecule has 2 unspecified atom stereocenters. The monoisotopic (exact) mass is 280 g/mol. The lowest BCUT2D eigenvalue weighted by molar-refractivity contribution is -0.137. The lowest BCUT2D eigenvalue weighted by Crippen LogP contribution is -2.47. The van der Waals surface area contributed by atoms with Crippen LogP contribution in [0.25, 0.3) is 0 Å². The van der Waals surface area contributed by atoms with Gasteiger partial charge in [-0.2, -0.15) is 17.0 Å². The normalized spacial score (nSPS) is 25.8. The molecule has 0 aromatic rings. The second-order valence-electron chi connectivity index (χ2n) is 4.60. The molecule has 1 aliphatic heterocycles. The predicted molar refractivity (Wildman–Crippen MR) is 65.2 cm³/mol. The van der Waals surface area contributed by atoms with Gasteiger partial charge in [-0.25, -0.2) is 0 Å². The molecule has 0 radical (unpaired) electrons. The smallest absolute Gasteiger partial charge is 0.304 e. The quantitative estimate of drug-likeness (QED) is 0.673. The van der Waals surface area contributed by atoms with Crippen molar-refractivity contribution in [3.63, 3.8) is 0 Å². The highest BCUT2D eigenvalue weighted by atomic mass is 32.2. The van der Waals surface area contributed by atoms with E-state index in [9.17, 15) is 18.3 Å². The van der Waals surface area contributed by atoms with E-state index in [0.717, 1.165) is 4.31 Å². The molecule has 1 heterocycles. The van der Waals surface area contributed by atoms with Crippen LogP contribution in [0.3, 0.4) is 0 Å². The van der Waals surface area contributed by atoms with E-state index in [0.29, 0.717) is 13.0 Å². The Kier molecular flexibility index (Phi) is 5.09. The summed E-state index contributed by atoms with van der Waals surface area (Å²) in [7, 11) is -2.33. The summed E-state index contributed by atoms with van der Waals surface area (Å²) in [6.07, 6.45) is 0.472. The summed E-state index contributed by atoms with van der Waals surface area (Å²) in [6.45, 7) is 1.98. The number of aliphatic carboxylic acids is 1. The summed E-state index contributed by atoms with van der Waals surface area (Å²) in [6, 6.07) is -0.415. The van der Waals surface area contributed by atoms with Gasteiger partial charge in [0.05, 0.1) is 19.1 Å². The van der Waals surface area contributed by atoms with E-state index < -0.39 is 22.2 Å². The SMILES string of the molecule is CC1CCN(S(=O)(=O)N(C)CCC(=O)O)C1CO. The first-order chi connectivity index (χ1) is 8.30. The number of carboxylic acids is 1. The minimum absolute atomic E-state index is 0.0688. The van der Waals surface area contributed by atoms with Crippen molar-refractivity contribution in [1.29, 1.82) is 0 Å². The highest BCUT2D eigenvalue weighted by molar-refractivity contribution is 7.86. The molecular weight excluding hydrogens is 260 g/mol. The van der Waals surface area contributed by atoms with Crippen LogP contribution in [-0.2, 0) is 15.0 Å². The zero-order chi connectivity index (χ0) is 13.9. The fourth-order valence-corrected chi connectivity index (χ4v) is 3.71. The molecule has 0 bridgehead atoms. The standard InChI is InChI=1S/C10H20N2O5S/c1-8-3-6-12(9(8)7-13)18(16,17)11(2)5-4-10(14)15/h8-9,13H,3-7H2,1-2H3,(H,14,15). The molecular formula is C10H20N2O5S. The number of nitrogens with zero attached hydrogens (tertiary/aromatic N) is 2. The predicted octanol–water partition coefficient (Wildman–Crippen LogP) is -0.660.